The molecular formula is C11H20N2O. The molecule has 2 fully saturated rings. The highest BCUT2D eigenvalue weighted by atomic mass is 16.1. The third kappa shape index (κ3) is 2.98. The Bertz CT molecular complexity index is 207. The summed E-state index contributed by atoms with van der Waals surface area (Å²) in [5, 5.41) is 6.41. The van der Waals surface area contributed by atoms with Gasteiger partial charge in [-0.2, -0.15) is 0 Å². The number of hydrogen-bond acceptors (Lipinski definition) is 2. The summed E-state index contributed by atoms with van der Waals surface area (Å²) in [6, 6.07) is 1.19. The first kappa shape index (κ1) is 9.97. The van der Waals surface area contributed by atoms with E-state index in [-0.39, 0.29) is 5.91 Å². The Morgan fingerprint density at radius 3 is 2.57 bits per heavy atom. The van der Waals surface area contributed by atoms with E-state index in [1.165, 1.54) is 25.7 Å². The lowest BCUT2D eigenvalue weighted by molar-refractivity contribution is -0.122. The first-order valence-corrected chi connectivity index (χ1v) is 5.77. The van der Waals surface area contributed by atoms with Gasteiger partial charge in [-0.3, -0.25) is 4.79 Å². The zero-order valence-corrected chi connectivity index (χ0v) is 8.88. The van der Waals surface area contributed by atoms with Crippen LogP contribution >= 0.6 is 0 Å². The first-order valence-electron chi connectivity index (χ1n) is 5.77. The van der Waals surface area contributed by atoms with Gasteiger partial charge >= 0.3 is 0 Å². The molecule has 2 aliphatic carbocycles. The largest absolute Gasteiger partial charge is 0.353 e. The summed E-state index contributed by atoms with van der Waals surface area (Å²) in [4.78, 5) is 11.4. The van der Waals surface area contributed by atoms with Crippen LogP contribution in [0.5, 0.6) is 0 Å². The van der Waals surface area contributed by atoms with Crippen molar-refractivity contribution in [3.05, 3.63) is 0 Å². The van der Waals surface area contributed by atoms with E-state index in [4.69, 9.17) is 0 Å². The summed E-state index contributed by atoms with van der Waals surface area (Å²) >= 11 is 0. The van der Waals surface area contributed by atoms with Gasteiger partial charge in [0.15, 0.2) is 0 Å². The lowest BCUT2D eigenvalue weighted by atomic mass is 9.82. The number of hydrogen-bond donors (Lipinski definition) is 2. The average Bonchev–Trinajstić information content (AvgIpc) is 2.85. The number of carbonyl (C=O) groups excluding carboxylic acids is 1. The minimum Gasteiger partial charge on any atom is -0.353 e. The highest BCUT2D eigenvalue weighted by Gasteiger charge is 2.26. The second-order valence-electron chi connectivity index (χ2n) is 4.82. The van der Waals surface area contributed by atoms with E-state index in [0.717, 1.165) is 12.5 Å². The van der Waals surface area contributed by atoms with Crippen LogP contribution in [0.25, 0.3) is 0 Å². The first-order chi connectivity index (χ1) is 6.74. The molecule has 0 aromatic carbocycles. The van der Waals surface area contributed by atoms with Crippen molar-refractivity contribution in [3.8, 4) is 0 Å². The maximum Gasteiger partial charge on any atom is 0.221 e. The molecule has 0 heterocycles. The predicted octanol–water partition coefficient (Wildman–Crippen LogP) is 1.04. The van der Waals surface area contributed by atoms with E-state index in [2.05, 4.69) is 17.6 Å². The fourth-order valence-electron chi connectivity index (χ4n) is 2.00. The van der Waals surface area contributed by atoms with Crippen LogP contribution in [-0.2, 0) is 4.79 Å². The van der Waals surface area contributed by atoms with Crippen LogP contribution in [0.15, 0.2) is 0 Å². The smallest absolute Gasteiger partial charge is 0.221 e. The molecule has 0 unspecified atom stereocenters. The van der Waals surface area contributed by atoms with E-state index < -0.39 is 0 Å². The highest BCUT2D eigenvalue weighted by Crippen LogP contribution is 2.26. The van der Waals surface area contributed by atoms with Crippen molar-refractivity contribution in [1.82, 2.24) is 10.6 Å². The molecule has 3 heteroatoms. The van der Waals surface area contributed by atoms with Gasteiger partial charge in [0.05, 0.1) is 0 Å². The van der Waals surface area contributed by atoms with Crippen molar-refractivity contribution in [2.24, 2.45) is 5.92 Å². The molecule has 0 aliphatic heterocycles. The molecule has 1 amide bonds. The van der Waals surface area contributed by atoms with Gasteiger partial charge in [0.1, 0.15) is 0 Å². The van der Waals surface area contributed by atoms with Crippen molar-refractivity contribution in [3.63, 3.8) is 0 Å². The summed E-state index contributed by atoms with van der Waals surface area (Å²) in [6.07, 6.45) is 5.56. The molecule has 0 atom stereocenters. The Kier molecular flexibility index (Phi) is 3.06. The Hall–Kier alpha value is -0.570. The molecule has 2 rings (SSSR count). The van der Waals surface area contributed by atoms with Crippen molar-refractivity contribution < 1.29 is 4.79 Å². The summed E-state index contributed by atoms with van der Waals surface area (Å²) < 4.78 is 0. The molecular weight excluding hydrogens is 176 g/mol. The van der Waals surface area contributed by atoms with Gasteiger partial charge in [0.2, 0.25) is 5.91 Å². The van der Waals surface area contributed by atoms with Gasteiger partial charge in [-0.25, -0.2) is 0 Å². The van der Waals surface area contributed by atoms with Crippen LogP contribution in [0.3, 0.4) is 0 Å². The quantitative estimate of drug-likeness (QED) is 0.690. The highest BCUT2D eigenvalue weighted by molar-refractivity contribution is 5.76. The molecule has 0 saturated heterocycles. The van der Waals surface area contributed by atoms with Crippen LogP contribution < -0.4 is 10.6 Å². The summed E-state index contributed by atoms with van der Waals surface area (Å²) in [5.41, 5.74) is 0. The van der Waals surface area contributed by atoms with E-state index in [9.17, 15) is 4.79 Å². The molecule has 0 spiro atoms. The van der Waals surface area contributed by atoms with Crippen molar-refractivity contribution in [2.45, 2.75) is 51.1 Å². The SMILES string of the molecule is CC1CC(NC(=O)CCNC2CC2)C1. The van der Waals surface area contributed by atoms with Crippen molar-refractivity contribution >= 4 is 5.91 Å². The maximum absolute atomic E-state index is 11.4. The fourth-order valence-corrected chi connectivity index (χ4v) is 2.00. The molecule has 0 radical (unpaired) electrons. The Morgan fingerprint density at radius 2 is 2.00 bits per heavy atom. The topological polar surface area (TPSA) is 41.1 Å². The molecule has 3 nitrogen and oxygen atoms in total. The van der Waals surface area contributed by atoms with Gasteiger partial charge in [0.25, 0.3) is 0 Å². The predicted molar refractivity (Wildman–Crippen MR) is 56.0 cm³/mol. The molecule has 0 bridgehead atoms. The van der Waals surface area contributed by atoms with E-state index in [0.29, 0.717) is 18.5 Å². The van der Waals surface area contributed by atoms with Gasteiger partial charge in [-0.05, 0) is 31.6 Å². The minimum absolute atomic E-state index is 0.218. The summed E-state index contributed by atoms with van der Waals surface area (Å²) in [7, 11) is 0. The molecule has 80 valence electrons. The van der Waals surface area contributed by atoms with Crippen LogP contribution in [0.2, 0.25) is 0 Å². The zero-order valence-electron chi connectivity index (χ0n) is 8.88. The molecule has 14 heavy (non-hydrogen) atoms. The molecule has 0 aromatic heterocycles. The maximum atomic E-state index is 11.4. The third-order valence-corrected chi connectivity index (χ3v) is 3.10. The molecule has 0 aromatic rings. The molecule has 2 saturated carbocycles. The number of carbonyl (C=O) groups is 1. The Labute approximate surface area is 85.6 Å². The van der Waals surface area contributed by atoms with Gasteiger partial charge in [0, 0.05) is 25.0 Å². The molecule has 2 N–H and O–H groups in total. The van der Waals surface area contributed by atoms with Crippen molar-refractivity contribution in [2.75, 3.05) is 6.54 Å². The number of amides is 1. The number of rotatable bonds is 5. The second-order valence-corrected chi connectivity index (χ2v) is 4.82. The summed E-state index contributed by atoms with van der Waals surface area (Å²) in [5.74, 6) is 1.03. The standard InChI is InChI=1S/C11H20N2O/c1-8-6-10(7-8)13-11(14)4-5-12-9-2-3-9/h8-10,12H,2-7H2,1H3,(H,13,14). The average molecular weight is 196 g/mol. The second kappa shape index (κ2) is 4.30. The monoisotopic (exact) mass is 196 g/mol. The molecule has 2 aliphatic rings. The van der Waals surface area contributed by atoms with Crippen LogP contribution in [-0.4, -0.2) is 24.5 Å². The lowest BCUT2D eigenvalue weighted by Gasteiger charge is -2.33. The zero-order chi connectivity index (χ0) is 9.97. The normalized spacial score (nSPS) is 30.9. The van der Waals surface area contributed by atoms with Crippen LogP contribution in [0.1, 0.15) is 39.0 Å². The van der Waals surface area contributed by atoms with E-state index >= 15 is 0 Å². The van der Waals surface area contributed by atoms with Crippen LogP contribution in [0.4, 0.5) is 0 Å². The number of nitrogens with one attached hydrogen (secondary N) is 2. The van der Waals surface area contributed by atoms with Crippen molar-refractivity contribution in [1.29, 1.82) is 0 Å². The summed E-state index contributed by atoms with van der Waals surface area (Å²) in [6.45, 7) is 3.08. The van der Waals surface area contributed by atoms with Crippen LogP contribution in [0, 0.1) is 5.92 Å². The Balaban J connectivity index is 1.50. The fraction of sp³-hybridized carbons (Fsp3) is 0.909. The van der Waals surface area contributed by atoms with E-state index in [1.807, 2.05) is 0 Å². The van der Waals surface area contributed by atoms with E-state index in [1.54, 1.807) is 0 Å². The van der Waals surface area contributed by atoms with Gasteiger partial charge in [-0.15, -0.1) is 0 Å². The van der Waals surface area contributed by atoms with Gasteiger partial charge < -0.3 is 10.6 Å². The minimum atomic E-state index is 0.218. The third-order valence-electron chi connectivity index (χ3n) is 3.10. The Morgan fingerprint density at radius 1 is 1.29 bits per heavy atom. The lowest BCUT2D eigenvalue weighted by Crippen LogP contribution is -2.44. The van der Waals surface area contributed by atoms with Gasteiger partial charge in [-0.1, -0.05) is 6.92 Å².